The van der Waals surface area contributed by atoms with Crippen LogP contribution in [-0.4, -0.2) is 41.9 Å². The predicted molar refractivity (Wildman–Crippen MR) is 98.8 cm³/mol. The Morgan fingerprint density at radius 1 is 1.31 bits per heavy atom. The molecule has 3 aromatic rings. The average Bonchev–Trinajstić information content (AvgIpc) is 3.32. The second-order valence-electron chi connectivity index (χ2n) is 5.71. The van der Waals surface area contributed by atoms with Crippen molar-refractivity contribution in [1.82, 2.24) is 29.3 Å². The first kappa shape index (κ1) is 18.3. The highest BCUT2D eigenvalue weighted by Crippen LogP contribution is 2.19. The molecule has 9 nitrogen and oxygen atoms in total. The molecular weight excluding hydrogens is 402 g/mol. The van der Waals surface area contributed by atoms with Crippen LogP contribution in [0.25, 0.3) is 0 Å². The van der Waals surface area contributed by atoms with Crippen LogP contribution in [0.2, 0.25) is 0 Å². The number of hydrogen-bond donors (Lipinski definition) is 1. The van der Waals surface area contributed by atoms with Crippen molar-refractivity contribution < 1.29 is 9.53 Å². The molecule has 0 unspecified atom stereocenters. The number of amides is 1. The number of ether oxygens (including phenoxy) is 1. The Kier molecular flexibility index (Phi) is 5.52. The molecule has 0 bridgehead atoms. The van der Waals surface area contributed by atoms with Crippen molar-refractivity contribution in [3.8, 4) is 0 Å². The molecule has 0 radical (unpaired) electrons. The van der Waals surface area contributed by atoms with Gasteiger partial charge in [-0.15, -0.1) is 0 Å². The fourth-order valence-corrected chi connectivity index (χ4v) is 2.67. The van der Waals surface area contributed by atoms with Crippen LogP contribution in [0.5, 0.6) is 0 Å². The summed E-state index contributed by atoms with van der Waals surface area (Å²) >= 11 is 3.50. The Labute approximate surface area is 159 Å². The fourth-order valence-electron chi connectivity index (χ4n) is 2.39. The lowest BCUT2D eigenvalue weighted by molar-refractivity contribution is 0.0792. The van der Waals surface area contributed by atoms with E-state index in [4.69, 9.17) is 4.74 Å². The summed E-state index contributed by atoms with van der Waals surface area (Å²) < 4.78 is 11.3. The lowest BCUT2D eigenvalue weighted by Gasteiger charge is -2.04. The number of nitrogens with zero attached hydrogens (tertiary/aromatic N) is 6. The van der Waals surface area contributed by atoms with Gasteiger partial charge in [0.2, 0.25) is 0 Å². The minimum atomic E-state index is -0.297. The first-order valence-corrected chi connectivity index (χ1v) is 8.91. The summed E-state index contributed by atoms with van der Waals surface area (Å²) in [7, 11) is 0. The van der Waals surface area contributed by atoms with E-state index in [2.05, 4.69) is 36.5 Å². The van der Waals surface area contributed by atoms with E-state index in [0.29, 0.717) is 31.4 Å². The van der Waals surface area contributed by atoms with E-state index < -0.39 is 0 Å². The fraction of sp³-hybridized carbons (Fsp3) is 0.375. The van der Waals surface area contributed by atoms with Crippen LogP contribution >= 0.6 is 15.9 Å². The number of aromatic nitrogens is 6. The molecule has 0 atom stereocenters. The van der Waals surface area contributed by atoms with Crippen molar-refractivity contribution >= 4 is 27.5 Å². The summed E-state index contributed by atoms with van der Waals surface area (Å²) in [6.07, 6.45) is 5.02. The van der Waals surface area contributed by atoms with Crippen LogP contribution in [-0.2, 0) is 18.1 Å². The molecule has 10 heteroatoms. The number of hydrogen-bond acceptors (Lipinski definition) is 5. The third kappa shape index (κ3) is 4.02. The summed E-state index contributed by atoms with van der Waals surface area (Å²) in [6, 6.07) is 1.67. The van der Waals surface area contributed by atoms with Crippen molar-refractivity contribution in [1.29, 1.82) is 0 Å². The van der Waals surface area contributed by atoms with Crippen molar-refractivity contribution in [3.63, 3.8) is 0 Å². The van der Waals surface area contributed by atoms with Crippen molar-refractivity contribution in [2.75, 3.05) is 11.9 Å². The first-order valence-electron chi connectivity index (χ1n) is 8.12. The highest BCUT2D eigenvalue weighted by atomic mass is 79.9. The van der Waals surface area contributed by atoms with E-state index in [1.807, 2.05) is 25.5 Å². The van der Waals surface area contributed by atoms with Crippen molar-refractivity contribution in [3.05, 3.63) is 46.2 Å². The zero-order valence-electron chi connectivity index (χ0n) is 14.8. The van der Waals surface area contributed by atoms with Gasteiger partial charge in [0, 0.05) is 12.8 Å². The molecule has 3 aromatic heterocycles. The first-order chi connectivity index (χ1) is 12.5. The molecule has 0 saturated carbocycles. The summed E-state index contributed by atoms with van der Waals surface area (Å²) in [5.74, 6) is -0.297. The van der Waals surface area contributed by atoms with Gasteiger partial charge in [-0.25, -0.2) is 9.36 Å². The third-order valence-electron chi connectivity index (χ3n) is 3.76. The van der Waals surface area contributed by atoms with Gasteiger partial charge < -0.3 is 10.1 Å². The summed E-state index contributed by atoms with van der Waals surface area (Å²) in [6.45, 7) is 7.19. The highest BCUT2D eigenvalue weighted by molar-refractivity contribution is 9.10. The Morgan fingerprint density at radius 3 is 2.81 bits per heavy atom. The molecule has 0 aliphatic rings. The van der Waals surface area contributed by atoms with Crippen LogP contribution in [0.15, 0.2) is 29.1 Å². The molecule has 0 aliphatic carbocycles. The van der Waals surface area contributed by atoms with Gasteiger partial charge in [-0.1, -0.05) is 0 Å². The zero-order valence-corrected chi connectivity index (χ0v) is 16.4. The summed E-state index contributed by atoms with van der Waals surface area (Å²) in [4.78, 5) is 12.3. The van der Waals surface area contributed by atoms with E-state index in [-0.39, 0.29) is 5.91 Å². The van der Waals surface area contributed by atoms with Gasteiger partial charge in [0.25, 0.3) is 5.91 Å². The number of aryl methyl sites for hydroxylation is 1. The summed E-state index contributed by atoms with van der Waals surface area (Å²) in [5.41, 5.74) is 2.83. The molecule has 1 amide bonds. The Bertz CT molecular complexity index is 912. The van der Waals surface area contributed by atoms with E-state index in [9.17, 15) is 4.79 Å². The Hall–Kier alpha value is -2.46. The zero-order chi connectivity index (χ0) is 18.7. The molecule has 138 valence electrons. The van der Waals surface area contributed by atoms with Crippen molar-refractivity contribution in [2.45, 2.75) is 34.2 Å². The maximum absolute atomic E-state index is 12.3. The number of rotatable bonds is 7. The second-order valence-corrected chi connectivity index (χ2v) is 6.50. The summed E-state index contributed by atoms with van der Waals surface area (Å²) in [5, 5.41) is 15.6. The number of carbonyl (C=O) groups is 1. The molecule has 26 heavy (non-hydrogen) atoms. The topological polar surface area (TPSA) is 91.8 Å². The maximum atomic E-state index is 12.3. The number of halogens is 1. The molecule has 0 saturated heterocycles. The van der Waals surface area contributed by atoms with Crippen LogP contribution in [0.3, 0.4) is 0 Å². The molecular formula is C16H20BrN7O2. The minimum Gasteiger partial charge on any atom is -0.360 e. The third-order valence-corrected chi connectivity index (χ3v) is 4.91. The number of anilines is 1. The molecule has 3 rings (SSSR count). The lowest BCUT2D eigenvalue weighted by atomic mass is 10.4. The van der Waals surface area contributed by atoms with Gasteiger partial charge in [-0.2, -0.15) is 15.3 Å². The molecule has 3 heterocycles. The van der Waals surface area contributed by atoms with Gasteiger partial charge >= 0.3 is 0 Å². The lowest BCUT2D eigenvalue weighted by Crippen LogP contribution is -2.15. The quantitative estimate of drug-likeness (QED) is 0.632. The largest absolute Gasteiger partial charge is 0.360 e. The van der Waals surface area contributed by atoms with E-state index in [0.717, 1.165) is 15.9 Å². The minimum absolute atomic E-state index is 0.297. The van der Waals surface area contributed by atoms with Gasteiger partial charge in [-0.3, -0.25) is 9.48 Å². The smallest absolute Gasteiger partial charge is 0.276 e. The maximum Gasteiger partial charge on any atom is 0.276 e. The highest BCUT2D eigenvalue weighted by Gasteiger charge is 2.13. The standard InChI is InChI=1S/C16H20BrN7O2/c1-4-26-10-23-8-13(7-18-23)19-16(25)14-5-6-22(21-14)9-24-12(3)15(17)11(2)20-24/h5-8H,4,9-10H2,1-3H3,(H,19,25). The molecule has 0 spiro atoms. The Morgan fingerprint density at radius 2 is 2.12 bits per heavy atom. The molecule has 1 N–H and O–H groups in total. The molecule has 0 fully saturated rings. The van der Waals surface area contributed by atoms with Crippen LogP contribution in [0.4, 0.5) is 5.69 Å². The predicted octanol–water partition coefficient (Wildman–Crippen LogP) is 2.41. The number of nitrogens with one attached hydrogen (secondary N) is 1. The van der Waals surface area contributed by atoms with E-state index in [1.165, 1.54) is 0 Å². The SMILES string of the molecule is CCOCn1cc(NC(=O)c2ccn(Cn3nc(C)c(Br)c3C)n2)cn1. The van der Waals surface area contributed by atoms with Gasteiger partial charge in [0.15, 0.2) is 5.69 Å². The normalized spacial score (nSPS) is 11.1. The van der Waals surface area contributed by atoms with Gasteiger partial charge in [0.1, 0.15) is 13.4 Å². The van der Waals surface area contributed by atoms with Crippen LogP contribution in [0.1, 0.15) is 28.8 Å². The Balaban J connectivity index is 1.64. The number of carbonyl (C=O) groups excluding carboxylic acids is 1. The van der Waals surface area contributed by atoms with Gasteiger partial charge in [-0.05, 0) is 42.8 Å². The monoisotopic (exact) mass is 421 g/mol. The molecule has 0 aromatic carbocycles. The van der Waals surface area contributed by atoms with Crippen LogP contribution < -0.4 is 5.32 Å². The molecule has 0 aliphatic heterocycles. The van der Waals surface area contributed by atoms with Gasteiger partial charge in [0.05, 0.1) is 33.9 Å². The van der Waals surface area contributed by atoms with Crippen molar-refractivity contribution in [2.24, 2.45) is 0 Å². The van der Waals surface area contributed by atoms with E-state index >= 15 is 0 Å². The second kappa shape index (κ2) is 7.83. The average molecular weight is 422 g/mol. The van der Waals surface area contributed by atoms with E-state index in [1.54, 1.807) is 34.0 Å². The van der Waals surface area contributed by atoms with Crippen LogP contribution in [0, 0.1) is 13.8 Å².